The van der Waals surface area contributed by atoms with E-state index in [-0.39, 0.29) is 24.4 Å². The normalized spacial score (nSPS) is 34.9. The molecule has 0 bridgehead atoms. The van der Waals surface area contributed by atoms with Gasteiger partial charge in [-0.3, -0.25) is 0 Å². The first-order valence-electron chi connectivity index (χ1n) is 14.3. The first-order chi connectivity index (χ1) is 17.7. The maximum atomic E-state index is 6.63. The molecule has 36 heavy (non-hydrogen) atoms. The Kier molecular flexibility index (Phi) is 7.57. The van der Waals surface area contributed by atoms with Crippen molar-refractivity contribution < 1.29 is 33.2 Å². The molecule has 2 aliphatic carbocycles. The van der Waals surface area contributed by atoms with Crippen molar-refractivity contribution in [2.45, 2.75) is 133 Å². The van der Waals surface area contributed by atoms with E-state index >= 15 is 0 Å². The largest absolute Gasteiger partial charge is 0.494 e. The van der Waals surface area contributed by atoms with Crippen molar-refractivity contribution in [1.82, 2.24) is 0 Å². The third kappa shape index (κ3) is 5.20. The van der Waals surface area contributed by atoms with Crippen molar-refractivity contribution in [3.63, 3.8) is 0 Å². The van der Waals surface area contributed by atoms with Crippen LogP contribution in [0.25, 0.3) is 0 Å². The van der Waals surface area contributed by atoms with E-state index in [1.807, 2.05) is 12.1 Å². The fourth-order valence-electron chi connectivity index (χ4n) is 6.47. The first-order valence-corrected chi connectivity index (χ1v) is 14.3. The molecule has 6 rings (SSSR count). The highest BCUT2D eigenvalue weighted by atomic mass is 16.9. The van der Waals surface area contributed by atoms with Crippen LogP contribution in [0.4, 0.5) is 0 Å². The van der Waals surface area contributed by atoms with Crippen molar-refractivity contribution in [2.24, 2.45) is 0 Å². The molecular weight excluding hydrogens is 460 g/mol. The second-order valence-electron chi connectivity index (χ2n) is 11.2. The number of benzene rings is 1. The van der Waals surface area contributed by atoms with Crippen molar-refractivity contribution in [3.05, 3.63) is 29.8 Å². The molecule has 3 heterocycles. The summed E-state index contributed by atoms with van der Waals surface area (Å²) in [7, 11) is 0. The Morgan fingerprint density at radius 2 is 1.56 bits per heavy atom. The molecule has 2 saturated carbocycles. The Morgan fingerprint density at radius 3 is 2.28 bits per heavy atom. The van der Waals surface area contributed by atoms with Gasteiger partial charge in [-0.15, -0.1) is 0 Å². The molecule has 1 aromatic carbocycles. The highest BCUT2D eigenvalue weighted by Gasteiger charge is 2.61. The third-order valence-electron chi connectivity index (χ3n) is 8.50. The van der Waals surface area contributed by atoms with Crippen LogP contribution in [-0.4, -0.2) is 55.5 Å². The average Bonchev–Trinajstić information content (AvgIpc) is 3.56. The van der Waals surface area contributed by atoms with E-state index in [9.17, 15) is 0 Å². The molecule has 3 aliphatic heterocycles. The summed E-state index contributed by atoms with van der Waals surface area (Å²) in [5.74, 6) is -0.0700. The van der Waals surface area contributed by atoms with Crippen molar-refractivity contribution >= 4 is 0 Å². The van der Waals surface area contributed by atoms with Crippen molar-refractivity contribution in [2.75, 3.05) is 13.2 Å². The van der Waals surface area contributed by atoms with Gasteiger partial charge in [0, 0.05) is 25.7 Å². The Balaban J connectivity index is 1.13. The van der Waals surface area contributed by atoms with E-state index < -0.39 is 17.9 Å². The smallest absolute Gasteiger partial charge is 0.190 e. The van der Waals surface area contributed by atoms with Gasteiger partial charge in [-0.25, -0.2) is 0 Å². The molecule has 7 heteroatoms. The molecule has 5 fully saturated rings. The number of hydrogen-bond acceptors (Lipinski definition) is 7. The van der Waals surface area contributed by atoms with Crippen LogP contribution < -0.4 is 4.74 Å². The molecule has 0 N–H and O–H groups in total. The lowest BCUT2D eigenvalue weighted by atomic mass is 9.94. The van der Waals surface area contributed by atoms with Crippen LogP contribution in [0, 0.1) is 0 Å². The topological polar surface area (TPSA) is 64.6 Å². The van der Waals surface area contributed by atoms with Crippen molar-refractivity contribution in [3.8, 4) is 5.75 Å². The maximum Gasteiger partial charge on any atom is 0.190 e. The van der Waals surface area contributed by atoms with E-state index in [1.54, 1.807) is 0 Å². The molecule has 7 nitrogen and oxygen atoms in total. The molecule has 5 aliphatic rings. The van der Waals surface area contributed by atoms with Crippen LogP contribution in [0.3, 0.4) is 0 Å². The minimum atomic E-state index is -0.519. The highest BCUT2D eigenvalue weighted by molar-refractivity contribution is 5.27. The molecular formula is C29H42O7. The summed E-state index contributed by atoms with van der Waals surface area (Å²) in [4.78, 5) is 0. The number of ether oxygens (including phenoxy) is 7. The molecule has 0 aromatic heterocycles. The summed E-state index contributed by atoms with van der Waals surface area (Å²) in [6, 6.07) is 8.19. The lowest BCUT2D eigenvalue weighted by molar-refractivity contribution is -0.263. The summed E-state index contributed by atoms with van der Waals surface area (Å²) in [5.41, 5.74) is 1.10. The Morgan fingerprint density at radius 1 is 0.833 bits per heavy atom. The number of fused-ring (bicyclic) bond motifs is 1. The highest BCUT2D eigenvalue weighted by Crippen LogP contribution is 2.48. The number of hydrogen-bond donors (Lipinski definition) is 0. The summed E-state index contributed by atoms with van der Waals surface area (Å²) in [6.07, 6.45) is 11.6. The van der Waals surface area contributed by atoms with Crippen LogP contribution in [0.15, 0.2) is 24.3 Å². The van der Waals surface area contributed by atoms with E-state index in [0.29, 0.717) is 13.2 Å². The average molecular weight is 503 g/mol. The van der Waals surface area contributed by atoms with Gasteiger partial charge in [-0.05, 0) is 49.8 Å². The Labute approximate surface area is 215 Å². The molecule has 5 atom stereocenters. The predicted molar refractivity (Wildman–Crippen MR) is 132 cm³/mol. The molecule has 200 valence electrons. The van der Waals surface area contributed by atoms with E-state index in [4.69, 9.17) is 33.2 Å². The predicted octanol–water partition coefficient (Wildman–Crippen LogP) is 5.63. The van der Waals surface area contributed by atoms with Gasteiger partial charge < -0.3 is 33.2 Å². The fourth-order valence-corrected chi connectivity index (χ4v) is 6.47. The lowest BCUT2D eigenvalue weighted by Crippen LogP contribution is -2.45. The summed E-state index contributed by atoms with van der Waals surface area (Å²) < 4.78 is 44.8. The zero-order chi connectivity index (χ0) is 24.4. The van der Waals surface area contributed by atoms with Gasteiger partial charge in [-0.1, -0.05) is 38.3 Å². The van der Waals surface area contributed by atoms with Gasteiger partial charge in [0.25, 0.3) is 0 Å². The van der Waals surface area contributed by atoms with E-state index in [0.717, 1.165) is 82.1 Å². The van der Waals surface area contributed by atoms with Gasteiger partial charge in [-0.2, -0.15) is 0 Å². The Bertz CT molecular complexity index is 846. The van der Waals surface area contributed by atoms with Gasteiger partial charge in [0.2, 0.25) is 0 Å². The van der Waals surface area contributed by atoms with Crippen molar-refractivity contribution in [1.29, 1.82) is 0 Å². The van der Waals surface area contributed by atoms with Crippen LogP contribution in [0.2, 0.25) is 0 Å². The second kappa shape index (κ2) is 10.9. The van der Waals surface area contributed by atoms with Gasteiger partial charge in [0.1, 0.15) is 30.2 Å². The SMILES string of the molecule is CCCCOc1ccc(CO[C@@H]2[C@H]([C@@H]3COC4(CCCCC4)O3)O[C@H]3OC4(CCCCC4)O[C@@H]32)cc1. The lowest BCUT2D eigenvalue weighted by Gasteiger charge is -2.35. The number of unbranched alkanes of at least 4 members (excludes halogenated alkanes) is 1. The first kappa shape index (κ1) is 25.1. The summed E-state index contributed by atoms with van der Waals surface area (Å²) in [5, 5.41) is 0. The standard InChI is InChI=1S/C29H42O7/c1-2-3-18-30-22-12-10-21(11-13-22)19-31-25-24(23-20-32-28(34-23)14-6-4-7-15-28)33-27-26(25)35-29(36-27)16-8-5-9-17-29/h10-13,23-27H,2-9,14-20H2,1H3/t23-,24-,25+,26+,27-/m0/s1. The molecule has 0 amide bonds. The molecule has 0 radical (unpaired) electrons. The quantitative estimate of drug-likeness (QED) is 0.427. The van der Waals surface area contributed by atoms with Crippen LogP contribution >= 0.6 is 0 Å². The fraction of sp³-hybridized carbons (Fsp3) is 0.793. The van der Waals surface area contributed by atoms with Crippen LogP contribution in [0.1, 0.15) is 89.5 Å². The van der Waals surface area contributed by atoms with Gasteiger partial charge in [0.05, 0.1) is 19.8 Å². The minimum absolute atomic E-state index is 0.178. The molecule has 3 saturated heterocycles. The van der Waals surface area contributed by atoms with Crippen LogP contribution in [-0.2, 0) is 35.0 Å². The zero-order valence-electron chi connectivity index (χ0n) is 21.7. The minimum Gasteiger partial charge on any atom is -0.494 e. The van der Waals surface area contributed by atoms with E-state index in [2.05, 4.69) is 19.1 Å². The molecule has 2 spiro atoms. The molecule has 0 unspecified atom stereocenters. The third-order valence-corrected chi connectivity index (χ3v) is 8.50. The molecule has 1 aromatic rings. The monoisotopic (exact) mass is 502 g/mol. The van der Waals surface area contributed by atoms with Crippen LogP contribution in [0.5, 0.6) is 5.75 Å². The zero-order valence-corrected chi connectivity index (χ0v) is 21.7. The Hall–Kier alpha value is -1.22. The second-order valence-corrected chi connectivity index (χ2v) is 11.2. The van der Waals surface area contributed by atoms with Gasteiger partial charge >= 0.3 is 0 Å². The summed E-state index contributed by atoms with van der Waals surface area (Å²) >= 11 is 0. The maximum absolute atomic E-state index is 6.63. The number of rotatable bonds is 8. The van der Waals surface area contributed by atoms with Gasteiger partial charge in [0.15, 0.2) is 17.9 Å². The van der Waals surface area contributed by atoms with E-state index in [1.165, 1.54) is 12.8 Å². The summed E-state index contributed by atoms with van der Waals surface area (Å²) in [6.45, 7) is 3.92.